The predicted octanol–water partition coefficient (Wildman–Crippen LogP) is 2.02. The normalized spacial score (nSPS) is 10.3. The molecule has 0 aliphatic rings. The summed E-state index contributed by atoms with van der Waals surface area (Å²) in [6.07, 6.45) is 0.0618. The minimum absolute atomic E-state index is 0.0289. The standard InChI is InChI=1S/C20H24N4O3/c1-14-2-8-17(9-3-14)24(12-13-25)19(27)11-10-18(26)23-16-6-4-15(5-7-16)20(21)22/h2-9,25H,10-13H2,1H3,(H3,21,22)(H,23,26). The molecule has 0 fully saturated rings. The number of nitrogen functional groups attached to an aromatic ring is 1. The van der Waals surface area contributed by atoms with Gasteiger partial charge in [-0.1, -0.05) is 17.7 Å². The number of rotatable bonds is 8. The number of nitrogens with one attached hydrogen (secondary N) is 2. The Morgan fingerprint density at radius 1 is 1.07 bits per heavy atom. The van der Waals surface area contributed by atoms with Crippen molar-refractivity contribution in [3.8, 4) is 0 Å². The van der Waals surface area contributed by atoms with Crippen molar-refractivity contribution in [1.29, 1.82) is 5.41 Å². The fourth-order valence-electron chi connectivity index (χ4n) is 2.53. The van der Waals surface area contributed by atoms with Crippen LogP contribution in [0.1, 0.15) is 24.0 Å². The highest BCUT2D eigenvalue weighted by Crippen LogP contribution is 2.17. The Morgan fingerprint density at radius 2 is 1.70 bits per heavy atom. The second kappa shape index (κ2) is 9.49. The van der Waals surface area contributed by atoms with Crippen molar-refractivity contribution in [1.82, 2.24) is 0 Å². The summed E-state index contributed by atoms with van der Waals surface area (Å²) < 4.78 is 0. The summed E-state index contributed by atoms with van der Waals surface area (Å²) in [5.74, 6) is -0.555. The molecular weight excluding hydrogens is 344 g/mol. The maximum absolute atomic E-state index is 12.5. The van der Waals surface area contributed by atoms with Gasteiger partial charge in [0.2, 0.25) is 11.8 Å². The molecule has 0 radical (unpaired) electrons. The van der Waals surface area contributed by atoms with Gasteiger partial charge in [0.05, 0.1) is 6.61 Å². The Kier molecular flexibility index (Phi) is 7.08. The summed E-state index contributed by atoms with van der Waals surface area (Å²) in [5.41, 5.74) is 8.30. The average molecular weight is 368 g/mol. The Balaban J connectivity index is 1.92. The van der Waals surface area contributed by atoms with Crippen LogP contribution in [0.4, 0.5) is 11.4 Å². The summed E-state index contributed by atoms with van der Waals surface area (Å²) in [6.45, 7) is 1.97. The summed E-state index contributed by atoms with van der Waals surface area (Å²) in [4.78, 5) is 26.1. The number of carbonyl (C=O) groups is 2. The number of aryl methyl sites for hydroxylation is 1. The molecule has 0 spiro atoms. The zero-order chi connectivity index (χ0) is 19.8. The van der Waals surface area contributed by atoms with E-state index in [1.807, 2.05) is 31.2 Å². The average Bonchev–Trinajstić information content (AvgIpc) is 2.65. The number of hydrogen-bond donors (Lipinski definition) is 4. The first kappa shape index (κ1) is 20.1. The van der Waals surface area contributed by atoms with Gasteiger partial charge in [0.25, 0.3) is 0 Å². The van der Waals surface area contributed by atoms with E-state index in [1.54, 1.807) is 24.3 Å². The second-order valence-electron chi connectivity index (χ2n) is 6.14. The zero-order valence-electron chi connectivity index (χ0n) is 15.2. The highest BCUT2D eigenvalue weighted by Gasteiger charge is 2.16. The summed E-state index contributed by atoms with van der Waals surface area (Å²) in [7, 11) is 0. The van der Waals surface area contributed by atoms with Crippen molar-refractivity contribution in [2.24, 2.45) is 5.73 Å². The molecule has 2 aromatic carbocycles. The lowest BCUT2D eigenvalue weighted by molar-refractivity contribution is -0.122. The van der Waals surface area contributed by atoms with Crippen molar-refractivity contribution in [2.45, 2.75) is 19.8 Å². The van der Waals surface area contributed by atoms with E-state index in [0.29, 0.717) is 16.9 Å². The molecule has 0 atom stereocenters. The summed E-state index contributed by atoms with van der Waals surface area (Å²) in [5, 5.41) is 19.3. The van der Waals surface area contributed by atoms with Gasteiger partial charge in [-0.2, -0.15) is 0 Å². The van der Waals surface area contributed by atoms with Crippen LogP contribution in [0.15, 0.2) is 48.5 Å². The van der Waals surface area contributed by atoms with Crippen LogP contribution in [0.2, 0.25) is 0 Å². The summed E-state index contributed by atoms with van der Waals surface area (Å²) in [6, 6.07) is 14.0. The minimum atomic E-state index is -0.285. The molecule has 2 aromatic rings. The molecule has 2 rings (SSSR count). The smallest absolute Gasteiger partial charge is 0.227 e. The number of hydrogen-bond acceptors (Lipinski definition) is 4. The van der Waals surface area contributed by atoms with Gasteiger partial charge in [0, 0.05) is 36.3 Å². The van der Waals surface area contributed by atoms with Gasteiger partial charge in [-0.15, -0.1) is 0 Å². The van der Waals surface area contributed by atoms with E-state index in [-0.39, 0.29) is 43.6 Å². The zero-order valence-corrected chi connectivity index (χ0v) is 15.2. The Hall–Kier alpha value is -3.19. The first-order valence-corrected chi connectivity index (χ1v) is 8.63. The third-order valence-corrected chi connectivity index (χ3v) is 4.02. The van der Waals surface area contributed by atoms with Crippen LogP contribution in [-0.2, 0) is 9.59 Å². The van der Waals surface area contributed by atoms with Crippen LogP contribution >= 0.6 is 0 Å². The molecule has 7 heteroatoms. The summed E-state index contributed by atoms with van der Waals surface area (Å²) >= 11 is 0. The number of carbonyl (C=O) groups excluding carboxylic acids is 2. The van der Waals surface area contributed by atoms with Gasteiger partial charge >= 0.3 is 0 Å². The third kappa shape index (κ3) is 5.93. The topological polar surface area (TPSA) is 120 Å². The Bertz CT molecular complexity index is 801. The number of nitrogens with zero attached hydrogens (tertiary/aromatic N) is 1. The van der Waals surface area contributed by atoms with Crippen molar-refractivity contribution < 1.29 is 14.7 Å². The van der Waals surface area contributed by atoms with Crippen molar-refractivity contribution >= 4 is 29.0 Å². The first-order chi connectivity index (χ1) is 12.9. The van der Waals surface area contributed by atoms with Crippen LogP contribution in [0.25, 0.3) is 0 Å². The molecule has 0 aliphatic heterocycles. The van der Waals surface area contributed by atoms with Gasteiger partial charge < -0.3 is 21.1 Å². The highest BCUT2D eigenvalue weighted by atomic mass is 16.3. The fourth-order valence-corrected chi connectivity index (χ4v) is 2.53. The second-order valence-corrected chi connectivity index (χ2v) is 6.14. The van der Waals surface area contributed by atoms with Crippen LogP contribution in [-0.4, -0.2) is 35.9 Å². The molecule has 27 heavy (non-hydrogen) atoms. The van der Waals surface area contributed by atoms with E-state index < -0.39 is 0 Å². The molecule has 2 amide bonds. The maximum atomic E-state index is 12.5. The quantitative estimate of drug-likeness (QED) is 0.421. The number of amidine groups is 1. The molecule has 0 unspecified atom stereocenters. The van der Waals surface area contributed by atoms with Crippen LogP contribution in [0.5, 0.6) is 0 Å². The lowest BCUT2D eigenvalue weighted by Crippen LogP contribution is -2.34. The molecule has 0 aliphatic carbocycles. The molecule has 0 heterocycles. The number of amides is 2. The van der Waals surface area contributed by atoms with Gasteiger partial charge in [0.1, 0.15) is 5.84 Å². The maximum Gasteiger partial charge on any atom is 0.227 e. The fraction of sp³-hybridized carbons (Fsp3) is 0.250. The number of benzene rings is 2. The third-order valence-electron chi connectivity index (χ3n) is 4.02. The van der Waals surface area contributed by atoms with Gasteiger partial charge in [-0.05, 0) is 43.3 Å². The lowest BCUT2D eigenvalue weighted by Gasteiger charge is -2.22. The minimum Gasteiger partial charge on any atom is -0.395 e. The van der Waals surface area contributed by atoms with E-state index in [4.69, 9.17) is 11.1 Å². The number of nitrogens with two attached hydrogens (primary N) is 1. The largest absolute Gasteiger partial charge is 0.395 e. The molecule has 0 saturated heterocycles. The predicted molar refractivity (Wildman–Crippen MR) is 106 cm³/mol. The van der Waals surface area contributed by atoms with E-state index >= 15 is 0 Å². The number of aliphatic hydroxyl groups is 1. The monoisotopic (exact) mass is 368 g/mol. The molecule has 7 nitrogen and oxygen atoms in total. The molecule has 0 bridgehead atoms. The van der Waals surface area contributed by atoms with Crippen LogP contribution in [0, 0.1) is 12.3 Å². The molecule has 142 valence electrons. The van der Waals surface area contributed by atoms with Crippen LogP contribution < -0.4 is 16.0 Å². The molecule has 0 aromatic heterocycles. The Morgan fingerprint density at radius 3 is 2.26 bits per heavy atom. The van der Waals surface area contributed by atoms with E-state index in [2.05, 4.69) is 5.32 Å². The lowest BCUT2D eigenvalue weighted by atomic mass is 10.1. The molecule has 0 saturated carbocycles. The van der Waals surface area contributed by atoms with E-state index in [0.717, 1.165) is 5.56 Å². The highest BCUT2D eigenvalue weighted by molar-refractivity contribution is 5.99. The van der Waals surface area contributed by atoms with Gasteiger partial charge in [-0.25, -0.2) is 0 Å². The van der Waals surface area contributed by atoms with Crippen LogP contribution in [0.3, 0.4) is 0 Å². The number of anilines is 2. The molecular formula is C20H24N4O3. The van der Waals surface area contributed by atoms with E-state index in [9.17, 15) is 14.7 Å². The number of aliphatic hydroxyl groups excluding tert-OH is 1. The van der Waals surface area contributed by atoms with Gasteiger partial charge in [-0.3, -0.25) is 15.0 Å². The van der Waals surface area contributed by atoms with Crippen molar-refractivity contribution in [2.75, 3.05) is 23.4 Å². The van der Waals surface area contributed by atoms with Gasteiger partial charge in [0.15, 0.2) is 0 Å². The molecule has 5 N–H and O–H groups in total. The SMILES string of the molecule is Cc1ccc(N(CCO)C(=O)CCC(=O)Nc2ccc(C(=N)N)cc2)cc1. The Labute approximate surface area is 158 Å². The van der Waals surface area contributed by atoms with Crippen molar-refractivity contribution in [3.63, 3.8) is 0 Å². The first-order valence-electron chi connectivity index (χ1n) is 8.63. The van der Waals surface area contributed by atoms with E-state index in [1.165, 1.54) is 4.90 Å². The van der Waals surface area contributed by atoms with Crippen molar-refractivity contribution in [3.05, 3.63) is 59.7 Å².